The molecule has 3 nitrogen and oxygen atoms in total. The van der Waals surface area contributed by atoms with Gasteiger partial charge in [-0.05, 0) is 36.3 Å². The minimum absolute atomic E-state index is 0.218. The van der Waals surface area contributed by atoms with Crippen molar-refractivity contribution in [2.45, 2.75) is 45.1 Å². The molecule has 1 aliphatic rings. The fraction of sp³-hybridized carbons (Fsp3) is 0.625. The third-order valence-electron chi connectivity index (χ3n) is 4.28. The third kappa shape index (κ3) is 3.03. The van der Waals surface area contributed by atoms with E-state index >= 15 is 0 Å². The minimum atomic E-state index is 0.218. The predicted molar refractivity (Wildman–Crippen MR) is 77.9 cm³/mol. The van der Waals surface area contributed by atoms with Crippen molar-refractivity contribution < 1.29 is 9.47 Å². The molecular weight excluding hydrogens is 238 g/mol. The lowest BCUT2D eigenvalue weighted by atomic mass is 9.68. The van der Waals surface area contributed by atoms with Crippen LogP contribution in [0.25, 0.3) is 0 Å². The summed E-state index contributed by atoms with van der Waals surface area (Å²) in [4.78, 5) is 0. The van der Waals surface area contributed by atoms with E-state index in [1.54, 1.807) is 14.2 Å². The molecule has 0 aliphatic heterocycles. The maximum Gasteiger partial charge on any atom is 0.126 e. The van der Waals surface area contributed by atoms with Crippen LogP contribution in [-0.2, 0) is 0 Å². The Kier molecular flexibility index (Phi) is 4.04. The zero-order chi connectivity index (χ0) is 14.0. The van der Waals surface area contributed by atoms with Crippen molar-refractivity contribution in [2.75, 3.05) is 14.2 Å². The van der Waals surface area contributed by atoms with Crippen molar-refractivity contribution in [1.82, 2.24) is 0 Å². The summed E-state index contributed by atoms with van der Waals surface area (Å²) in [5.74, 6) is 2.08. The molecule has 1 aromatic rings. The van der Waals surface area contributed by atoms with Gasteiger partial charge in [0.2, 0.25) is 0 Å². The molecule has 19 heavy (non-hydrogen) atoms. The van der Waals surface area contributed by atoms with Crippen LogP contribution in [0.4, 0.5) is 0 Å². The average molecular weight is 263 g/mol. The predicted octanol–water partition coefficient (Wildman–Crippen LogP) is 3.32. The normalized spacial score (nSPS) is 25.9. The van der Waals surface area contributed by atoms with Crippen molar-refractivity contribution in [3.8, 4) is 11.5 Å². The van der Waals surface area contributed by atoms with Gasteiger partial charge in [0.05, 0.1) is 14.2 Å². The van der Waals surface area contributed by atoms with Crippen LogP contribution in [0, 0.1) is 5.41 Å². The first-order valence-corrected chi connectivity index (χ1v) is 6.94. The van der Waals surface area contributed by atoms with Gasteiger partial charge in [0.15, 0.2) is 0 Å². The molecule has 2 atom stereocenters. The first-order chi connectivity index (χ1) is 8.96. The molecule has 106 valence electrons. The van der Waals surface area contributed by atoms with Gasteiger partial charge in [0.1, 0.15) is 11.5 Å². The first kappa shape index (κ1) is 14.2. The number of methoxy groups -OCH3 is 2. The Labute approximate surface area is 116 Å². The summed E-state index contributed by atoms with van der Waals surface area (Å²) in [6, 6.07) is 6.26. The van der Waals surface area contributed by atoms with Crippen LogP contribution in [0.5, 0.6) is 11.5 Å². The highest BCUT2D eigenvalue weighted by Crippen LogP contribution is 2.45. The molecule has 0 bridgehead atoms. The number of rotatable bonds is 3. The molecule has 2 rings (SSSR count). The lowest BCUT2D eigenvalue weighted by molar-refractivity contribution is 0.196. The lowest BCUT2D eigenvalue weighted by Crippen LogP contribution is -2.37. The van der Waals surface area contributed by atoms with Crippen molar-refractivity contribution in [3.05, 3.63) is 23.8 Å². The SMILES string of the molecule is COc1ccc(C2CC(C)(C)CCC2N)c(OC)c1. The zero-order valence-electron chi connectivity index (χ0n) is 12.4. The van der Waals surface area contributed by atoms with E-state index in [0.717, 1.165) is 24.3 Å². The second-order valence-electron chi connectivity index (χ2n) is 6.29. The van der Waals surface area contributed by atoms with Gasteiger partial charge in [-0.2, -0.15) is 0 Å². The Morgan fingerprint density at radius 2 is 1.95 bits per heavy atom. The summed E-state index contributed by atoms with van der Waals surface area (Å²) in [5, 5.41) is 0. The van der Waals surface area contributed by atoms with Gasteiger partial charge < -0.3 is 15.2 Å². The Bertz CT molecular complexity index is 442. The Morgan fingerprint density at radius 1 is 1.21 bits per heavy atom. The second-order valence-corrected chi connectivity index (χ2v) is 6.29. The number of hydrogen-bond acceptors (Lipinski definition) is 3. The van der Waals surface area contributed by atoms with E-state index in [0.29, 0.717) is 11.3 Å². The number of nitrogens with two attached hydrogens (primary N) is 1. The monoisotopic (exact) mass is 263 g/mol. The van der Waals surface area contributed by atoms with E-state index < -0.39 is 0 Å². The highest BCUT2D eigenvalue weighted by Gasteiger charge is 2.35. The van der Waals surface area contributed by atoms with Crippen LogP contribution < -0.4 is 15.2 Å². The van der Waals surface area contributed by atoms with Gasteiger partial charge >= 0.3 is 0 Å². The van der Waals surface area contributed by atoms with E-state index in [4.69, 9.17) is 15.2 Å². The van der Waals surface area contributed by atoms with Crippen molar-refractivity contribution in [3.63, 3.8) is 0 Å². The van der Waals surface area contributed by atoms with Gasteiger partial charge in [-0.15, -0.1) is 0 Å². The largest absolute Gasteiger partial charge is 0.497 e. The molecule has 2 unspecified atom stereocenters. The average Bonchev–Trinajstić information content (AvgIpc) is 2.41. The van der Waals surface area contributed by atoms with Gasteiger partial charge in [-0.25, -0.2) is 0 Å². The maximum atomic E-state index is 6.34. The smallest absolute Gasteiger partial charge is 0.126 e. The number of ether oxygens (including phenoxy) is 2. The Hall–Kier alpha value is -1.22. The Morgan fingerprint density at radius 3 is 2.58 bits per heavy atom. The maximum absolute atomic E-state index is 6.34. The quantitative estimate of drug-likeness (QED) is 0.909. The molecular formula is C16H25NO2. The van der Waals surface area contributed by atoms with Crippen LogP contribution >= 0.6 is 0 Å². The van der Waals surface area contributed by atoms with Gasteiger partial charge in [0.25, 0.3) is 0 Å². The van der Waals surface area contributed by atoms with E-state index in [1.807, 2.05) is 12.1 Å². The summed E-state index contributed by atoms with van der Waals surface area (Å²) >= 11 is 0. The molecule has 0 amide bonds. The number of benzene rings is 1. The van der Waals surface area contributed by atoms with Crippen LogP contribution in [0.15, 0.2) is 18.2 Å². The summed E-state index contributed by atoms with van der Waals surface area (Å²) in [5.41, 5.74) is 7.90. The van der Waals surface area contributed by atoms with E-state index in [9.17, 15) is 0 Å². The summed E-state index contributed by atoms with van der Waals surface area (Å²) in [6.45, 7) is 4.64. The summed E-state index contributed by atoms with van der Waals surface area (Å²) < 4.78 is 10.8. The topological polar surface area (TPSA) is 44.5 Å². The van der Waals surface area contributed by atoms with Crippen LogP contribution in [0.3, 0.4) is 0 Å². The summed E-state index contributed by atoms with van der Waals surface area (Å²) in [6.07, 6.45) is 3.38. The third-order valence-corrected chi connectivity index (χ3v) is 4.28. The van der Waals surface area contributed by atoms with Gasteiger partial charge in [0, 0.05) is 18.0 Å². The van der Waals surface area contributed by atoms with E-state index in [-0.39, 0.29) is 6.04 Å². The lowest BCUT2D eigenvalue weighted by Gasteiger charge is -2.40. The fourth-order valence-corrected chi connectivity index (χ4v) is 3.07. The fourth-order valence-electron chi connectivity index (χ4n) is 3.07. The first-order valence-electron chi connectivity index (χ1n) is 6.94. The van der Waals surface area contributed by atoms with Crippen molar-refractivity contribution >= 4 is 0 Å². The van der Waals surface area contributed by atoms with Crippen molar-refractivity contribution in [2.24, 2.45) is 11.1 Å². The molecule has 1 saturated carbocycles. The second kappa shape index (κ2) is 5.41. The van der Waals surface area contributed by atoms with Crippen LogP contribution in [0.1, 0.15) is 44.6 Å². The molecule has 0 aromatic heterocycles. The van der Waals surface area contributed by atoms with Crippen molar-refractivity contribution in [1.29, 1.82) is 0 Å². The molecule has 2 N–H and O–H groups in total. The van der Waals surface area contributed by atoms with Crippen LogP contribution in [0.2, 0.25) is 0 Å². The molecule has 0 heterocycles. The molecule has 1 aromatic carbocycles. The highest BCUT2D eigenvalue weighted by atomic mass is 16.5. The Balaban J connectivity index is 2.34. The zero-order valence-corrected chi connectivity index (χ0v) is 12.4. The van der Waals surface area contributed by atoms with Gasteiger partial charge in [-0.1, -0.05) is 19.9 Å². The van der Waals surface area contributed by atoms with Crippen LogP contribution in [-0.4, -0.2) is 20.3 Å². The molecule has 1 fully saturated rings. The molecule has 0 radical (unpaired) electrons. The highest BCUT2D eigenvalue weighted by molar-refractivity contribution is 5.43. The molecule has 3 heteroatoms. The summed E-state index contributed by atoms with van der Waals surface area (Å²) in [7, 11) is 3.38. The van der Waals surface area contributed by atoms with E-state index in [2.05, 4.69) is 19.9 Å². The molecule has 0 spiro atoms. The molecule has 1 aliphatic carbocycles. The van der Waals surface area contributed by atoms with E-state index in [1.165, 1.54) is 12.0 Å². The molecule has 0 saturated heterocycles. The van der Waals surface area contributed by atoms with Gasteiger partial charge in [-0.3, -0.25) is 0 Å². The minimum Gasteiger partial charge on any atom is -0.497 e. The standard InChI is InChI=1S/C16H25NO2/c1-16(2)8-7-14(17)13(10-16)12-6-5-11(18-3)9-15(12)19-4/h5-6,9,13-14H,7-8,10,17H2,1-4H3. The number of hydrogen-bond donors (Lipinski definition) is 1.